The normalized spacial score (nSPS) is 10.3. The lowest BCUT2D eigenvalue weighted by Crippen LogP contribution is -2.41. The number of thiazole rings is 1. The lowest BCUT2D eigenvalue weighted by molar-refractivity contribution is 0.0848. The van der Waals surface area contributed by atoms with E-state index in [-0.39, 0.29) is 0 Å². The van der Waals surface area contributed by atoms with Gasteiger partial charge >= 0.3 is 0 Å². The fraction of sp³-hybridized carbons (Fsp3) is 0.150. The van der Waals surface area contributed by atoms with Gasteiger partial charge in [0.25, 0.3) is 11.8 Å². The first kappa shape index (κ1) is 18.6. The summed E-state index contributed by atoms with van der Waals surface area (Å²) in [5.74, 6) is -0.216. The van der Waals surface area contributed by atoms with Gasteiger partial charge in [-0.25, -0.2) is 4.98 Å². The van der Waals surface area contributed by atoms with Gasteiger partial charge in [-0.3, -0.25) is 20.4 Å². The van der Waals surface area contributed by atoms with Crippen LogP contribution >= 0.6 is 11.3 Å². The number of amides is 2. The van der Waals surface area contributed by atoms with Crippen LogP contribution in [0.5, 0.6) is 5.75 Å². The van der Waals surface area contributed by atoms with Crippen LogP contribution in [0.1, 0.15) is 31.3 Å². The smallest absolute Gasteiger partial charge is 0.281 e. The topological polar surface area (TPSA) is 80.3 Å². The molecule has 0 aliphatic heterocycles. The second kappa shape index (κ2) is 8.01. The first-order chi connectivity index (χ1) is 13.0. The number of hydrazine groups is 1. The Hall–Kier alpha value is -3.19. The molecule has 27 heavy (non-hydrogen) atoms. The number of methoxy groups -OCH3 is 1. The fourth-order valence-electron chi connectivity index (χ4n) is 2.52. The number of benzene rings is 2. The summed E-state index contributed by atoms with van der Waals surface area (Å²) in [6.45, 7) is 3.66. The van der Waals surface area contributed by atoms with Gasteiger partial charge in [0.2, 0.25) is 0 Å². The molecule has 1 heterocycles. The predicted octanol–water partition coefficient (Wildman–Crippen LogP) is 3.51. The number of carbonyl (C=O) groups is 2. The summed E-state index contributed by atoms with van der Waals surface area (Å²) in [5, 5.41) is 0.757. The minimum atomic E-state index is -0.424. The van der Waals surface area contributed by atoms with Crippen molar-refractivity contribution < 1.29 is 14.3 Å². The number of nitrogens with one attached hydrogen (secondary N) is 2. The van der Waals surface area contributed by atoms with E-state index in [0.29, 0.717) is 21.9 Å². The van der Waals surface area contributed by atoms with Crippen LogP contribution in [0.15, 0.2) is 48.5 Å². The van der Waals surface area contributed by atoms with Gasteiger partial charge in [0.05, 0.1) is 12.8 Å². The Kier molecular flexibility index (Phi) is 5.52. The zero-order chi connectivity index (χ0) is 19.4. The van der Waals surface area contributed by atoms with Crippen molar-refractivity contribution in [3.05, 3.63) is 70.2 Å². The van der Waals surface area contributed by atoms with Crippen molar-refractivity contribution in [1.29, 1.82) is 0 Å². The van der Waals surface area contributed by atoms with Crippen molar-refractivity contribution in [2.75, 3.05) is 7.11 Å². The van der Waals surface area contributed by atoms with Crippen molar-refractivity contribution in [2.24, 2.45) is 0 Å². The Labute approximate surface area is 161 Å². The average Bonchev–Trinajstić information content (AvgIpc) is 3.08. The Bertz CT molecular complexity index is 983. The molecule has 2 N–H and O–H groups in total. The van der Waals surface area contributed by atoms with E-state index < -0.39 is 11.8 Å². The molecule has 0 saturated carbocycles. The molecule has 6 nitrogen and oxygen atoms in total. The van der Waals surface area contributed by atoms with E-state index in [1.165, 1.54) is 11.3 Å². The third-order valence-electron chi connectivity index (χ3n) is 3.98. The number of ether oxygens (including phenoxy) is 1. The molecular weight excluding hydrogens is 362 g/mol. The summed E-state index contributed by atoms with van der Waals surface area (Å²) in [4.78, 5) is 29.6. The molecular formula is C20H19N3O3S. The number of hydrogen-bond acceptors (Lipinski definition) is 5. The van der Waals surface area contributed by atoms with Gasteiger partial charge in [-0.05, 0) is 31.5 Å². The van der Waals surface area contributed by atoms with Gasteiger partial charge in [-0.1, -0.05) is 36.4 Å². The van der Waals surface area contributed by atoms with Crippen molar-refractivity contribution in [3.63, 3.8) is 0 Å². The van der Waals surface area contributed by atoms with Crippen LogP contribution in [0.25, 0.3) is 10.6 Å². The molecule has 2 aromatic carbocycles. The van der Waals surface area contributed by atoms with Crippen molar-refractivity contribution >= 4 is 23.2 Å². The van der Waals surface area contributed by atoms with Crippen molar-refractivity contribution in [3.8, 4) is 16.3 Å². The number of nitrogens with zero attached hydrogens (tertiary/aromatic N) is 1. The average molecular weight is 381 g/mol. The number of hydrogen-bond donors (Lipinski definition) is 2. The van der Waals surface area contributed by atoms with Gasteiger partial charge < -0.3 is 4.74 Å². The molecule has 0 bridgehead atoms. The Morgan fingerprint density at radius 1 is 1.00 bits per heavy atom. The van der Waals surface area contributed by atoms with Gasteiger partial charge in [-0.2, -0.15) is 0 Å². The largest absolute Gasteiger partial charge is 0.496 e. The van der Waals surface area contributed by atoms with E-state index in [4.69, 9.17) is 4.74 Å². The maximum Gasteiger partial charge on any atom is 0.281 e. The molecule has 0 spiro atoms. The molecule has 0 aliphatic rings. The second-order valence-corrected chi connectivity index (χ2v) is 6.89. The predicted molar refractivity (Wildman–Crippen MR) is 105 cm³/mol. The number of aromatic nitrogens is 1. The standard InChI is InChI=1S/C20H19N3O3S/c1-12-9-10-15(11-16(12)26-3)18(24)22-23-19(25)17-13(2)21-20(27-17)14-7-5-4-6-8-14/h4-11H,1-3H3,(H,22,24)(H,23,25). The molecule has 0 unspecified atom stereocenters. The van der Waals surface area contributed by atoms with Gasteiger partial charge in [0.15, 0.2) is 0 Å². The highest BCUT2D eigenvalue weighted by atomic mass is 32.1. The van der Waals surface area contributed by atoms with E-state index in [2.05, 4.69) is 15.8 Å². The van der Waals surface area contributed by atoms with E-state index in [1.54, 1.807) is 32.2 Å². The van der Waals surface area contributed by atoms with Gasteiger partial charge in [0.1, 0.15) is 15.6 Å². The maximum atomic E-state index is 12.4. The lowest BCUT2D eigenvalue weighted by atomic mass is 10.1. The van der Waals surface area contributed by atoms with Crippen LogP contribution in [0, 0.1) is 13.8 Å². The molecule has 0 fully saturated rings. The molecule has 0 atom stereocenters. The fourth-order valence-corrected chi connectivity index (χ4v) is 3.48. The zero-order valence-corrected chi connectivity index (χ0v) is 16.0. The summed E-state index contributed by atoms with van der Waals surface area (Å²) < 4.78 is 5.22. The summed E-state index contributed by atoms with van der Waals surface area (Å²) >= 11 is 1.28. The van der Waals surface area contributed by atoms with Crippen molar-refractivity contribution in [2.45, 2.75) is 13.8 Å². The van der Waals surface area contributed by atoms with Gasteiger partial charge in [0, 0.05) is 11.1 Å². The SMILES string of the molecule is COc1cc(C(=O)NNC(=O)c2sc(-c3ccccc3)nc2C)ccc1C. The summed E-state index contributed by atoms with van der Waals surface area (Å²) in [7, 11) is 1.54. The Morgan fingerprint density at radius 3 is 2.41 bits per heavy atom. The third-order valence-corrected chi connectivity index (χ3v) is 5.19. The summed E-state index contributed by atoms with van der Waals surface area (Å²) in [6, 6.07) is 14.7. The molecule has 0 radical (unpaired) electrons. The molecule has 7 heteroatoms. The number of carbonyl (C=O) groups excluding carboxylic acids is 2. The molecule has 3 aromatic rings. The van der Waals surface area contributed by atoms with Crippen LogP contribution in [-0.4, -0.2) is 23.9 Å². The minimum absolute atomic E-state index is 0.392. The summed E-state index contributed by atoms with van der Waals surface area (Å²) in [5.41, 5.74) is 7.75. The maximum absolute atomic E-state index is 12.4. The number of rotatable bonds is 4. The second-order valence-electron chi connectivity index (χ2n) is 5.89. The van der Waals surface area contributed by atoms with Crippen LogP contribution in [0.2, 0.25) is 0 Å². The highest BCUT2D eigenvalue weighted by Gasteiger charge is 2.17. The van der Waals surface area contributed by atoms with Gasteiger partial charge in [-0.15, -0.1) is 11.3 Å². The Morgan fingerprint density at radius 2 is 1.70 bits per heavy atom. The quantitative estimate of drug-likeness (QED) is 0.678. The lowest BCUT2D eigenvalue weighted by Gasteiger charge is -2.09. The zero-order valence-electron chi connectivity index (χ0n) is 15.2. The minimum Gasteiger partial charge on any atom is -0.496 e. The summed E-state index contributed by atoms with van der Waals surface area (Å²) in [6.07, 6.45) is 0. The third kappa shape index (κ3) is 4.15. The van der Waals surface area contributed by atoms with E-state index in [1.807, 2.05) is 37.3 Å². The molecule has 2 amide bonds. The Balaban J connectivity index is 1.69. The highest BCUT2D eigenvalue weighted by Crippen LogP contribution is 2.27. The molecule has 0 aliphatic carbocycles. The van der Waals surface area contributed by atoms with Crippen LogP contribution < -0.4 is 15.6 Å². The first-order valence-corrected chi connectivity index (χ1v) is 9.09. The molecule has 1 aromatic heterocycles. The monoisotopic (exact) mass is 381 g/mol. The highest BCUT2D eigenvalue weighted by molar-refractivity contribution is 7.17. The van der Waals surface area contributed by atoms with Crippen molar-refractivity contribution in [1.82, 2.24) is 15.8 Å². The van der Waals surface area contributed by atoms with E-state index in [9.17, 15) is 9.59 Å². The molecule has 0 saturated heterocycles. The molecule has 3 rings (SSSR count). The van der Waals surface area contributed by atoms with Crippen LogP contribution in [0.4, 0.5) is 0 Å². The van der Waals surface area contributed by atoms with Crippen LogP contribution in [-0.2, 0) is 0 Å². The molecule has 138 valence electrons. The van der Waals surface area contributed by atoms with E-state index in [0.717, 1.165) is 16.1 Å². The van der Waals surface area contributed by atoms with Crippen LogP contribution in [0.3, 0.4) is 0 Å². The first-order valence-electron chi connectivity index (χ1n) is 8.27. The van der Waals surface area contributed by atoms with E-state index >= 15 is 0 Å². The number of aryl methyl sites for hydroxylation is 2.